The van der Waals surface area contributed by atoms with Gasteiger partial charge in [-0.25, -0.2) is 9.78 Å². The van der Waals surface area contributed by atoms with Crippen molar-refractivity contribution in [3.63, 3.8) is 0 Å². The molecular weight excluding hydrogens is 418 g/mol. The number of primary amides is 1. The van der Waals surface area contributed by atoms with E-state index >= 15 is 0 Å². The molecule has 0 aliphatic rings. The van der Waals surface area contributed by atoms with Crippen molar-refractivity contribution in [3.8, 4) is 0 Å². The van der Waals surface area contributed by atoms with Gasteiger partial charge in [0.15, 0.2) is 0 Å². The number of H-pyrrole nitrogens is 1. The summed E-state index contributed by atoms with van der Waals surface area (Å²) in [5.41, 5.74) is 11.5. The van der Waals surface area contributed by atoms with Gasteiger partial charge in [0.05, 0.1) is 18.9 Å². The number of carbonyl (C=O) groups is 5. The lowest BCUT2D eigenvalue weighted by Gasteiger charge is -2.20. The number of aromatic nitrogens is 2. The maximum absolute atomic E-state index is 12.4. The second-order valence-corrected chi connectivity index (χ2v) is 6.68. The predicted octanol–water partition coefficient (Wildman–Crippen LogP) is -3.35. The zero-order valence-electron chi connectivity index (χ0n) is 16.0. The molecule has 0 saturated carbocycles. The number of amides is 4. The molecular formula is C16H25N7O6S. The lowest BCUT2D eigenvalue weighted by Crippen LogP contribution is -2.54. The van der Waals surface area contributed by atoms with Crippen molar-refractivity contribution in [2.75, 3.05) is 12.3 Å². The summed E-state index contributed by atoms with van der Waals surface area (Å²) in [4.78, 5) is 65.1. The van der Waals surface area contributed by atoms with Crippen LogP contribution in [0.1, 0.15) is 18.5 Å². The number of carboxylic acid groups (broad SMARTS) is 1. The summed E-state index contributed by atoms with van der Waals surface area (Å²) in [5.74, 6) is -4.27. The first kappa shape index (κ1) is 24.9. The molecule has 0 spiro atoms. The number of aliphatic carboxylic acids is 1. The van der Waals surface area contributed by atoms with E-state index in [1.54, 1.807) is 0 Å². The van der Waals surface area contributed by atoms with Gasteiger partial charge in [0, 0.05) is 30.5 Å². The van der Waals surface area contributed by atoms with Crippen LogP contribution >= 0.6 is 12.6 Å². The Labute approximate surface area is 177 Å². The fourth-order valence-electron chi connectivity index (χ4n) is 2.28. The topological polar surface area (TPSA) is 222 Å². The van der Waals surface area contributed by atoms with Crippen LogP contribution in [-0.4, -0.2) is 75.1 Å². The maximum atomic E-state index is 12.4. The van der Waals surface area contributed by atoms with E-state index in [1.807, 2.05) is 0 Å². The largest absolute Gasteiger partial charge is 0.480 e. The summed E-state index contributed by atoms with van der Waals surface area (Å²) < 4.78 is 0. The van der Waals surface area contributed by atoms with Gasteiger partial charge in [-0.1, -0.05) is 0 Å². The number of thiol groups is 1. The molecule has 4 amide bonds. The number of aromatic amines is 1. The minimum Gasteiger partial charge on any atom is -0.480 e. The number of carboxylic acids is 1. The Kier molecular flexibility index (Phi) is 10.3. The lowest BCUT2D eigenvalue weighted by molar-refractivity contribution is -0.141. The lowest BCUT2D eigenvalue weighted by atomic mass is 10.1. The van der Waals surface area contributed by atoms with E-state index in [4.69, 9.17) is 16.6 Å². The molecule has 3 atom stereocenters. The van der Waals surface area contributed by atoms with Crippen LogP contribution in [0.4, 0.5) is 0 Å². The predicted molar refractivity (Wildman–Crippen MR) is 107 cm³/mol. The Morgan fingerprint density at radius 3 is 2.40 bits per heavy atom. The summed E-state index contributed by atoms with van der Waals surface area (Å²) in [6.07, 6.45) is 2.76. The highest BCUT2D eigenvalue weighted by atomic mass is 32.1. The molecule has 166 valence electrons. The molecule has 9 N–H and O–H groups in total. The van der Waals surface area contributed by atoms with Gasteiger partial charge in [-0.2, -0.15) is 12.6 Å². The molecule has 0 aliphatic heterocycles. The molecule has 0 bridgehead atoms. The van der Waals surface area contributed by atoms with Gasteiger partial charge < -0.3 is 37.5 Å². The number of rotatable bonds is 13. The van der Waals surface area contributed by atoms with Crippen LogP contribution in [-0.2, 0) is 30.4 Å². The third kappa shape index (κ3) is 8.91. The normalized spacial score (nSPS) is 13.5. The Morgan fingerprint density at radius 1 is 1.17 bits per heavy atom. The van der Waals surface area contributed by atoms with Crippen molar-refractivity contribution in [1.29, 1.82) is 0 Å². The van der Waals surface area contributed by atoms with Gasteiger partial charge in [0.25, 0.3) is 0 Å². The van der Waals surface area contributed by atoms with Gasteiger partial charge in [-0.05, 0) is 6.42 Å². The smallest absolute Gasteiger partial charge is 0.327 e. The molecule has 0 aliphatic carbocycles. The summed E-state index contributed by atoms with van der Waals surface area (Å²) in [7, 11) is 0. The maximum Gasteiger partial charge on any atom is 0.327 e. The molecule has 13 nitrogen and oxygen atoms in total. The SMILES string of the molecule is NC(=O)CCC(NC(=O)C(N)Cc1cnc[nH]1)C(=O)NCC(=O)NC(CS)C(=O)O. The molecule has 14 heteroatoms. The molecule has 0 fully saturated rings. The molecule has 1 heterocycles. The van der Waals surface area contributed by atoms with Crippen LogP contribution in [0.5, 0.6) is 0 Å². The summed E-state index contributed by atoms with van der Waals surface area (Å²) in [5, 5.41) is 15.8. The second kappa shape index (κ2) is 12.4. The third-order valence-electron chi connectivity index (χ3n) is 3.88. The van der Waals surface area contributed by atoms with Crippen LogP contribution in [0.25, 0.3) is 0 Å². The van der Waals surface area contributed by atoms with Crippen LogP contribution in [0.2, 0.25) is 0 Å². The van der Waals surface area contributed by atoms with E-state index in [-0.39, 0.29) is 25.0 Å². The molecule has 1 rings (SSSR count). The highest BCUT2D eigenvalue weighted by molar-refractivity contribution is 7.80. The zero-order valence-corrected chi connectivity index (χ0v) is 16.9. The minimum absolute atomic E-state index is 0.111. The van der Waals surface area contributed by atoms with E-state index in [1.165, 1.54) is 12.5 Å². The average Bonchev–Trinajstić information content (AvgIpc) is 3.19. The van der Waals surface area contributed by atoms with Crippen molar-refractivity contribution in [2.45, 2.75) is 37.4 Å². The number of imidazole rings is 1. The highest BCUT2D eigenvalue weighted by Gasteiger charge is 2.25. The van der Waals surface area contributed by atoms with Gasteiger partial charge in [-0.3, -0.25) is 19.2 Å². The highest BCUT2D eigenvalue weighted by Crippen LogP contribution is 2.01. The van der Waals surface area contributed by atoms with Crippen LogP contribution in [0, 0.1) is 0 Å². The number of hydrogen-bond acceptors (Lipinski definition) is 8. The van der Waals surface area contributed by atoms with Crippen molar-refractivity contribution in [1.82, 2.24) is 25.9 Å². The van der Waals surface area contributed by atoms with Crippen LogP contribution in [0.3, 0.4) is 0 Å². The Morgan fingerprint density at radius 2 is 1.87 bits per heavy atom. The van der Waals surface area contributed by atoms with Crippen LogP contribution in [0.15, 0.2) is 12.5 Å². The zero-order chi connectivity index (χ0) is 22.7. The van der Waals surface area contributed by atoms with E-state index in [2.05, 4.69) is 38.5 Å². The summed E-state index contributed by atoms with van der Waals surface area (Å²) >= 11 is 3.81. The van der Waals surface area contributed by atoms with Gasteiger partial charge in [0.1, 0.15) is 12.1 Å². The van der Waals surface area contributed by atoms with E-state index < -0.39 is 54.3 Å². The molecule has 1 aromatic heterocycles. The van der Waals surface area contributed by atoms with Crippen molar-refractivity contribution < 1.29 is 29.1 Å². The first-order valence-electron chi connectivity index (χ1n) is 8.86. The minimum atomic E-state index is -1.28. The molecule has 0 radical (unpaired) electrons. The van der Waals surface area contributed by atoms with Crippen molar-refractivity contribution in [3.05, 3.63) is 18.2 Å². The molecule has 3 unspecified atom stereocenters. The van der Waals surface area contributed by atoms with Gasteiger partial charge >= 0.3 is 5.97 Å². The molecule has 0 aromatic carbocycles. The van der Waals surface area contributed by atoms with Crippen molar-refractivity contribution >= 4 is 42.2 Å². The summed E-state index contributed by atoms with van der Waals surface area (Å²) in [6.45, 7) is -0.542. The Hall–Kier alpha value is -3.13. The van der Waals surface area contributed by atoms with Crippen molar-refractivity contribution in [2.24, 2.45) is 11.5 Å². The summed E-state index contributed by atoms with van der Waals surface area (Å²) in [6, 6.07) is -3.39. The second-order valence-electron chi connectivity index (χ2n) is 6.31. The number of nitrogens with one attached hydrogen (secondary N) is 4. The molecule has 30 heavy (non-hydrogen) atoms. The van der Waals surface area contributed by atoms with E-state index in [9.17, 15) is 24.0 Å². The average molecular weight is 443 g/mol. The fraction of sp³-hybridized carbons (Fsp3) is 0.500. The van der Waals surface area contributed by atoms with E-state index in [0.717, 1.165) is 0 Å². The van der Waals surface area contributed by atoms with Gasteiger partial charge in [0.2, 0.25) is 23.6 Å². The first-order chi connectivity index (χ1) is 14.1. The Bertz CT molecular complexity index is 757. The number of nitrogens with zero attached hydrogens (tertiary/aromatic N) is 1. The fourth-order valence-corrected chi connectivity index (χ4v) is 2.53. The van der Waals surface area contributed by atoms with E-state index in [0.29, 0.717) is 5.69 Å². The van der Waals surface area contributed by atoms with Crippen LogP contribution < -0.4 is 27.4 Å². The quantitative estimate of drug-likeness (QED) is 0.143. The number of carbonyl (C=O) groups excluding carboxylic acids is 4. The number of hydrogen-bond donors (Lipinski definition) is 8. The number of nitrogens with two attached hydrogens (primary N) is 2. The molecule has 0 saturated heterocycles. The van der Waals surface area contributed by atoms with Gasteiger partial charge in [-0.15, -0.1) is 0 Å². The first-order valence-corrected chi connectivity index (χ1v) is 9.49. The Balaban J connectivity index is 2.65. The molecule has 1 aromatic rings. The monoisotopic (exact) mass is 443 g/mol. The third-order valence-corrected chi connectivity index (χ3v) is 4.25. The standard InChI is InChI=1S/C16H25N7O6S/c17-9(3-8-4-19-7-21-8)14(26)23-10(1-2-12(18)24)15(27)20-5-13(25)22-11(6-30)16(28)29/h4,7,9-11,30H,1-3,5-6,17H2,(H2,18,24)(H,19,21)(H,20,27)(H,22,25)(H,23,26)(H,28,29).